The number of aromatic nitrogens is 3. The second-order valence-electron chi connectivity index (χ2n) is 7.88. The largest absolute Gasteiger partial charge is 0.350 e. The molecule has 1 aliphatic heterocycles. The number of nitrogens with zero attached hydrogens (tertiary/aromatic N) is 4. The van der Waals surface area contributed by atoms with Crippen molar-refractivity contribution < 1.29 is 10.0 Å². The Balaban J connectivity index is 1.21. The molecule has 1 amide bonds. The summed E-state index contributed by atoms with van der Waals surface area (Å²) in [6.07, 6.45) is 8.32. The molecule has 1 aliphatic rings. The van der Waals surface area contributed by atoms with E-state index >= 15 is 0 Å². The highest BCUT2D eigenvalue weighted by atomic mass is 16.5. The maximum Gasteiger partial charge on any atom is 0.277 e. The lowest BCUT2D eigenvalue weighted by atomic mass is 9.97. The summed E-state index contributed by atoms with van der Waals surface area (Å²) in [6.45, 7) is 3.81. The van der Waals surface area contributed by atoms with Gasteiger partial charge in [0.1, 0.15) is 0 Å². The molecule has 158 valence electrons. The Bertz CT molecular complexity index is 993. The van der Waals surface area contributed by atoms with Gasteiger partial charge in [0.15, 0.2) is 0 Å². The number of amides is 1. The van der Waals surface area contributed by atoms with E-state index in [1.54, 1.807) is 5.48 Å². The van der Waals surface area contributed by atoms with Gasteiger partial charge in [-0.2, -0.15) is 0 Å². The van der Waals surface area contributed by atoms with Crippen molar-refractivity contribution in [2.75, 3.05) is 31.1 Å². The number of piperidine rings is 1. The van der Waals surface area contributed by atoms with Gasteiger partial charge in [-0.25, -0.2) is 15.4 Å². The van der Waals surface area contributed by atoms with Crippen LogP contribution < -0.4 is 15.7 Å². The Morgan fingerprint density at radius 3 is 2.67 bits per heavy atom. The van der Waals surface area contributed by atoms with Crippen molar-refractivity contribution in [2.24, 2.45) is 13.0 Å². The van der Waals surface area contributed by atoms with E-state index in [2.05, 4.69) is 62.3 Å². The summed E-state index contributed by atoms with van der Waals surface area (Å²) in [4.78, 5) is 22.0. The first-order valence-corrected chi connectivity index (χ1v) is 10.4. The molecule has 2 aromatic heterocycles. The van der Waals surface area contributed by atoms with Gasteiger partial charge in [-0.15, -0.1) is 0 Å². The molecule has 1 aromatic carbocycles. The predicted octanol–water partition coefficient (Wildman–Crippen LogP) is 2.14. The second-order valence-corrected chi connectivity index (χ2v) is 7.88. The second kappa shape index (κ2) is 9.23. The third kappa shape index (κ3) is 4.44. The van der Waals surface area contributed by atoms with Gasteiger partial charge in [0.2, 0.25) is 5.95 Å². The van der Waals surface area contributed by atoms with Gasteiger partial charge >= 0.3 is 0 Å². The monoisotopic (exact) mass is 408 g/mol. The smallest absolute Gasteiger partial charge is 0.277 e. The van der Waals surface area contributed by atoms with Gasteiger partial charge in [0.25, 0.3) is 5.91 Å². The minimum Gasteiger partial charge on any atom is -0.350 e. The number of benzene rings is 1. The van der Waals surface area contributed by atoms with Gasteiger partial charge in [-0.1, -0.05) is 18.2 Å². The minimum atomic E-state index is -0.602. The van der Waals surface area contributed by atoms with E-state index in [9.17, 15) is 4.79 Å². The molecule has 8 nitrogen and oxygen atoms in total. The van der Waals surface area contributed by atoms with Crippen LogP contribution in [0, 0.1) is 5.92 Å². The Hall–Kier alpha value is -2.97. The lowest BCUT2D eigenvalue weighted by Crippen LogP contribution is -2.38. The van der Waals surface area contributed by atoms with Gasteiger partial charge in [0.05, 0.1) is 5.56 Å². The maximum absolute atomic E-state index is 11.4. The number of para-hydroxylation sites is 1. The van der Waals surface area contributed by atoms with E-state index in [1.165, 1.54) is 28.9 Å². The van der Waals surface area contributed by atoms with Crippen molar-refractivity contribution >= 4 is 22.8 Å². The molecule has 0 bridgehead atoms. The molecule has 30 heavy (non-hydrogen) atoms. The molecule has 8 heteroatoms. The van der Waals surface area contributed by atoms with Gasteiger partial charge < -0.3 is 14.8 Å². The Labute approximate surface area is 175 Å². The van der Waals surface area contributed by atoms with E-state index in [4.69, 9.17) is 5.21 Å². The molecule has 3 heterocycles. The number of carbonyl (C=O) groups is 1. The average molecular weight is 409 g/mol. The molecule has 0 saturated carbocycles. The minimum absolute atomic E-state index is 0.242. The molecule has 0 aliphatic carbocycles. The van der Waals surface area contributed by atoms with Crippen molar-refractivity contribution in [1.29, 1.82) is 0 Å². The highest BCUT2D eigenvalue weighted by Gasteiger charge is 2.21. The zero-order valence-corrected chi connectivity index (χ0v) is 17.2. The summed E-state index contributed by atoms with van der Waals surface area (Å²) in [5, 5.41) is 13.6. The standard InChI is InChI=1S/C22H28N6O2/c1-27-15-17(19-4-2-3-5-20(19)27)6-9-23-12-16-7-10-28(11-8-16)22-24-13-18(14-25-22)21(29)26-30/h2-5,13-16,23,30H,6-12H2,1H3,(H,26,29). The topological polar surface area (TPSA) is 95.3 Å². The van der Waals surface area contributed by atoms with Gasteiger partial charge in [-0.05, 0) is 49.9 Å². The molecule has 0 radical (unpaired) electrons. The fraction of sp³-hybridized carbons (Fsp3) is 0.409. The number of hydrogen-bond donors (Lipinski definition) is 3. The first-order valence-electron chi connectivity index (χ1n) is 10.4. The number of aryl methyl sites for hydroxylation is 1. The van der Waals surface area contributed by atoms with Crippen molar-refractivity contribution in [2.45, 2.75) is 19.3 Å². The fourth-order valence-electron chi connectivity index (χ4n) is 4.16. The molecule has 3 N–H and O–H groups in total. The van der Waals surface area contributed by atoms with Crippen molar-refractivity contribution in [3.05, 3.63) is 54.0 Å². The van der Waals surface area contributed by atoms with Crippen LogP contribution in [-0.2, 0) is 13.5 Å². The van der Waals surface area contributed by atoms with E-state index in [0.29, 0.717) is 11.9 Å². The summed E-state index contributed by atoms with van der Waals surface area (Å²) >= 11 is 0. The number of fused-ring (bicyclic) bond motifs is 1. The predicted molar refractivity (Wildman–Crippen MR) is 116 cm³/mol. The zero-order chi connectivity index (χ0) is 20.9. The summed E-state index contributed by atoms with van der Waals surface area (Å²) in [7, 11) is 2.10. The van der Waals surface area contributed by atoms with E-state index in [1.807, 2.05) is 0 Å². The van der Waals surface area contributed by atoms with E-state index in [0.717, 1.165) is 45.4 Å². The Kier molecular flexibility index (Phi) is 6.25. The Morgan fingerprint density at radius 1 is 1.20 bits per heavy atom. The number of hydrogen-bond acceptors (Lipinski definition) is 6. The molecular formula is C22H28N6O2. The van der Waals surface area contributed by atoms with Crippen molar-refractivity contribution in [1.82, 2.24) is 25.3 Å². The molecule has 1 fully saturated rings. The lowest BCUT2D eigenvalue weighted by molar-refractivity contribution is 0.0705. The van der Waals surface area contributed by atoms with Crippen LogP contribution in [0.15, 0.2) is 42.9 Å². The van der Waals surface area contributed by atoms with Crippen molar-refractivity contribution in [3.8, 4) is 0 Å². The molecule has 0 spiro atoms. The maximum atomic E-state index is 11.4. The summed E-state index contributed by atoms with van der Waals surface area (Å²) < 4.78 is 2.20. The fourth-order valence-corrected chi connectivity index (χ4v) is 4.16. The third-order valence-electron chi connectivity index (χ3n) is 5.88. The first-order chi connectivity index (χ1) is 14.7. The average Bonchev–Trinajstić information content (AvgIpc) is 3.12. The first kappa shape index (κ1) is 20.3. The zero-order valence-electron chi connectivity index (χ0n) is 17.2. The van der Waals surface area contributed by atoms with Crippen LogP contribution in [0.2, 0.25) is 0 Å². The number of anilines is 1. The molecular weight excluding hydrogens is 380 g/mol. The normalized spacial score (nSPS) is 14.9. The number of rotatable bonds is 7. The molecule has 0 unspecified atom stereocenters. The SMILES string of the molecule is Cn1cc(CCNCC2CCN(c3ncc(C(=O)NO)cn3)CC2)c2ccccc21. The highest BCUT2D eigenvalue weighted by Crippen LogP contribution is 2.21. The van der Waals surface area contributed by atoms with Crippen LogP contribution in [0.25, 0.3) is 10.9 Å². The van der Waals surface area contributed by atoms with Crippen molar-refractivity contribution in [3.63, 3.8) is 0 Å². The van der Waals surface area contributed by atoms with Gasteiger partial charge in [0, 0.05) is 49.6 Å². The van der Waals surface area contributed by atoms with Crippen LogP contribution in [0.5, 0.6) is 0 Å². The summed E-state index contributed by atoms with van der Waals surface area (Å²) in [6, 6.07) is 8.55. The Morgan fingerprint density at radius 2 is 1.93 bits per heavy atom. The van der Waals surface area contributed by atoms with Crippen LogP contribution in [0.3, 0.4) is 0 Å². The van der Waals surface area contributed by atoms with Gasteiger partial charge in [-0.3, -0.25) is 10.0 Å². The number of carbonyl (C=O) groups excluding carboxylic acids is 1. The van der Waals surface area contributed by atoms with Crippen LogP contribution >= 0.6 is 0 Å². The van der Waals surface area contributed by atoms with Crippen LogP contribution in [0.4, 0.5) is 5.95 Å². The highest BCUT2D eigenvalue weighted by molar-refractivity contribution is 5.92. The molecule has 4 rings (SSSR count). The number of nitrogens with one attached hydrogen (secondary N) is 2. The van der Waals surface area contributed by atoms with Crippen LogP contribution in [0.1, 0.15) is 28.8 Å². The third-order valence-corrected chi connectivity index (χ3v) is 5.88. The summed E-state index contributed by atoms with van der Waals surface area (Å²) in [5.41, 5.74) is 4.51. The van der Waals surface area contributed by atoms with E-state index < -0.39 is 5.91 Å². The molecule has 1 saturated heterocycles. The summed E-state index contributed by atoms with van der Waals surface area (Å²) in [5.74, 6) is 0.676. The van der Waals surface area contributed by atoms with E-state index in [-0.39, 0.29) is 5.56 Å². The molecule has 3 aromatic rings. The molecule has 0 atom stereocenters. The number of hydroxylamine groups is 1. The lowest BCUT2D eigenvalue weighted by Gasteiger charge is -2.32. The van der Waals surface area contributed by atoms with Crippen LogP contribution in [-0.4, -0.2) is 51.8 Å². The quantitative estimate of drug-likeness (QED) is 0.315.